The van der Waals surface area contributed by atoms with Crippen LogP contribution in [0.15, 0.2) is 158 Å². The van der Waals surface area contributed by atoms with Crippen LogP contribution in [0, 0.1) is 27.5 Å². The monoisotopic (exact) mass is 1200 g/mol. The molecular weight excluding hydrogens is 1130 g/mol. The molecule has 14 rings (SSSR count). The number of rotatable bonds is 22. The Kier molecular flexibility index (Phi) is 16.4. The third-order valence-corrected chi connectivity index (χ3v) is 18.2. The Hall–Kier alpha value is -9.08. The minimum absolute atomic E-state index is 0.0104. The van der Waals surface area contributed by atoms with E-state index >= 15 is 4.39 Å². The number of anilines is 4. The van der Waals surface area contributed by atoms with Crippen molar-refractivity contribution in [3.63, 3.8) is 0 Å². The summed E-state index contributed by atoms with van der Waals surface area (Å²) in [4.78, 5) is 69.6. The zero-order chi connectivity index (χ0) is 61.2. The van der Waals surface area contributed by atoms with Crippen LogP contribution in [0.3, 0.4) is 0 Å². The lowest BCUT2D eigenvalue weighted by Crippen LogP contribution is -2.35. The summed E-state index contributed by atoms with van der Waals surface area (Å²) in [5, 5.41) is 33.1. The van der Waals surface area contributed by atoms with E-state index in [0.717, 1.165) is 94.4 Å². The number of hydrogen-bond acceptors (Lipinski definition) is 15. The molecule has 89 heavy (non-hydrogen) atoms. The molecule has 4 aliphatic carbocycles. The molecule has 2 atom stereocenters. The highest BCUT2D eigenvalue weighted by Crippen LogP contribution is 2.54. The molecule has 2 saturated heterocycles. The summed E-state index contributed by atoms with van der Waals surface area (Å²) >= 11 is 0. The van der Waals surface area contributed by atoms with Gasteiger partial charge in [0.1, 0.15) is 45.4 Å². The second-order valence-electron chi connectivity index (χ2n) is 24.5. The highest BCUT2D eigenvalue weighted by atomic mass is 19.1. The van der Waals surface area contributed by atoms with Crippen molar-refractivity contribution in [3.8, 4) is 34.5 Å². The number of carbonyl (C=O) groups is 4. The third-order valence-electron chi connectivity index (χ3n) is 18.2. The van der Waals surface area contributed by atoms with Gasteiger partial charge in [-0.15, -0.1) is 0 Å². The van der Waals surface area contributed by atoms with Crippen LogP contribution in [0.4, 0.5) is 27.3 Å². The van der Waals surface area contributed by atoms with Crippen molar-refractivity contribution >= 4 is 68.3 Å². The van der Waals surface area contributed by atoms with Crippen LogP contribution in [0.1, 0.15) is 64.2 Å². The molecule has 6 N–H and O–H groups in total. The van der Waals surface area contributed by atoms with Gasteiger partial charge in [0.05, 0.1) is 42.7 Å². The van der Waals surface area contributed by atoms with Gasteiger partial charge < -0.3 is 50.4 Å². The smallest absolute Gasteiger partial charge is 0.241 e. The molecule has 4 amide bonds. The number of ether oxygens (including phenoxy) is 4. The van der Waals surface area contributed by atoms with Crippen molar-refractivity contribution in [2.24, 2.45) is 21.7 Å². The van der Waals surface area contributed by atoms with Crippen LogP contribution in [0.25, 0.3) is 21.8 Å². The molecule has 2 aliphatic heterocycles. The van der Waals surface area contributed by atoms with Gasteiger partial charge in [0.2, 0.25) is 23.6 Å². The third kappa shape index (κ3) is 13.2. The largest absolute Gasteiger partial charge is 0.493 e. The zero-order valence-electron chi connectivity index (χ0n) is 49.2. The minimum atomic E-state index is -1.17. The predicted octanol–water partition coefficient (Wildman–Crippen LogP) is 10.8. The average molecular weight is 1200 g/mol. The number of benzene rings is 5. The fraction of sp³-hybridized carbons (Fsp3) is 0.348. The van der Waals surface area contributed by atoms with Crippen LogP contribution >= 0.6 is 0 Å². The molecule has 4 saturated carbocycles. The van der Waals surface area contributed by atoms with Gasteiger partial charge >= 0.3 is 0 Å². The Labute approximate surface area is 514 Å². The molecule has 2 spiro atoms. The summed E-state index contributed by atoms with van der Waals surface area (Å²) in [6, 6.07) is 40.3. The highest BCUT2D eigenvalue weighted by Gasteiger charge is 2.58. The van der Waals surface area contributed by atoms with Gasteiger partial charge in [-0.3, -0.25) is 38.9 Å². The molecule has 458 valence electrons. The predicted molar refractivity (Wildman–Crippen MR) is 333 cm³/mol. The second kappa shape index (κ2) is 24.8. The first kappa shape index (κ1) is 58.9. The number of hydrogen-bond donors (Lipinski definition) is 6. The Morgan fingerprint density at radius 1 is 0.494 bits per heavy atom. The van der Waals surface area contributed by atoms with Gasteiger partial charge in [-0.1, -0.05) is 36.4 Å². The SMILES string of the molecule is O=C(Nc1ccccc1)C1(C(=O)Nc2ccc(Oc3ccnc4cc(OCCCN5CC(O)C6(CC6)C5)ccc34)c(F)c2)CC1.O=C(Nc1ccccc1)C1(C(=O)Nc2ccc(Oc3ccnc4cc(OCCCN5CC(O)C6(CC6)C5)ccc34)cn2)CC1. The number of amides is 4. The number of fused-ring (bicyclic) bond motifs is 2. The summed E-state index contributed by atoms with van der Waals surface area (Å²) in [7, 11) is 0. The molecule has 8 aromatic rings. The van der Waals surface area contributed by atoms with Gasteiger partial charge in [0, 0.05) is 109 Å². The van der Waals surface area contributed by atoms with E-state index in [0.29, 0.717) is 90.0 Å². The lowest BCUT2D eigenvalue weighted by atomic mass is 10.0. The lowest BCUT2D eigenvalue weighted by molar-refractivity contribution is -0.132. The van der Waals surface area contributed by atoms with Gasteiger partial charge in [0.15, 0.2) is 11.6 Å². The molecule has 3 aromatic heterocycles. The van der Waals surface area contributed by atoms with Crippen LogP contribution in [-0.2, 0) is 19.2 Å². The number of aromatic nitrogens is 3. The van der Waals surface area contributed by atoms with Crippen molar-refractivity contribution < 1.29 is 52.7 Å². The highest BCUT2D eigenvalue weighted by molar-refractivity contribution is 6.17. The van der Waals surface area contributed by atoms with Crippen molar-refractivity contribution in [2.75, 3.05) is 73.7 Å². The molecule has 2 unspecified atom stereocenters. The fourth-order valence-corrected chi connectivity index (χ4v) is 12.1. The number of aliphatic hydroxyl groups is 2. The average Bonchev–Trinajstić information content (AvgIpc) is 2.27. The first-order chi connectivity index (χ1) is 43.3. The molecular formula is C69H70FN9O10. The molecule has 6 fully saturated rings. The number of carbonyl (C=O) groups excluding carboxylic acids is 4. The Morgan fingerprint density at radius 3 is 1.42 bits per heavy atom. The quantitative estimate of drug-likeness (QED) is 0.0273. The lowest BCUT2D eigenvalue weighted by Gasteiger charge is -2.16. The van der Waals surface area contributed by atoms with E-state index in [-0.39, 0.29) is 52.2 Å². The van der Waals surface area contributed by atoms with Crippen molar-refractivity contribution in [2.45, 2.75) is 76.4 Å². The van der Waals surface area contributed by atoms with Gasteiger partial charge in [-0.05, 0) is 149 Å². The summed E-state index contributed by atoms with van der Waals surface area (Å²) < 4.78 is 39.2. The van der Waals surface area contributed by atoms with E-state index in [1.165, 1.54) is 18.3 Å². The summed E-state index contributed by atoms with van der Waals surface area (Å²) in [5.41, 5.74) is 0.993. The Balaban J connectivity index is 0.000000164. The fourth-order valence-electron chi connectivity index (χ4n) is 12.1. The maximum absolute atomic E-state index is 15.2. The number of likely N-dealkylation sites (tertiary alicyclic amines) is 2. The molecule has 0 radical (unpaired) electrons. The van der Waals surface area contributed by atoms with E-state index in [4.69, 9.17) is 18.9 Å². The van der Waals surface area contributed by atoms with Crippen LogP contribution in [-0.4, -0.2) is 123 Å². The van der Waals surface area contributed by atoms with Crippen LogP contribution in [0.5, 0.6) is 34.5 Å². The van der Waals surface area contributed by atoms with E-state index in [1.54, 1.807) is 79.1 Å². The van der Waals surface area contributed by atoms with Gasteiger partial charge in [-0.25, -0.2) is 9.37 Å². The first-order valence-electron chi connectivity index (χ1n) is 30.6. The number of aliphatic hydroxyl groups excluding tert-OH is 2. The number of nitrogens with one attached hydrogen (secondary N) is 4. The number of β-amino-alcohol motifs (C(OH)–C–C–N with tert-alkyl or cyclic N) is 2. The number of pyridine rings is 3. The second-order valence-corrected chi connectivity index (χ2v) is 24.5. The van der Waals surface area contributed by atoms with Crippen LogP contribution < -0.4 is 40.2 Å². The molecule has 6 aliphatic rings. The molecule has 20 heteroatoms. The normalized spacial score (nSPS) is 19.4. The first-order valence-corrected chi connectivity index (χ1v) is 30.6. The van der Waals surface area contributed by atoms with Crippen LogP contribution in [0.2, 0.25) is 0 Å². The van der Waals surface area contributed by atoms with E-state index in [2.05, 4.69) is 46.0 Å². The minimum Gasteiger partial charge on any atom is -0.493 e. The number of para-hydroxylation sites is 2. The summed E-state index contributed by atoms with van der Waals surface area (Å²) in [6.07, 6.45) is 12.6. The van der Waals surface area contributed by atoms with E-state index in [9.17, 15) is 29.4 Å². The summed E-state index contributed by atoms with van der Waals surface area (Å²) in [6.45, 7) is 6.44. The van der Waals surface area contributed by atoms with Gasteiger partial charge in [-0.2, -0.15) is 0 Å². The number of nitrogens with zero attached hydrogens (tertiary/aromatic N) is 5. The number of halogens is 1. The zero-order valence-corrected chi connectivity index (χ0v) is 49.2. The standard InChI is InChI=1S/C35H35FN4O5.C34H35N5O5/c36-27-19-24(39-33(43)35(14-15-35)32(42)38-23-5-2-1-3-6-23)7-10-30(27)45-29-11-16-37-28-20-25(8-9-26(28)29)44-18-4-17-40-21-31(41)34(22-40)12-13-34;40-29-21-39(22-33(29)12-13-33)17-4-18-43-24-7-9-26-27(19-24)35-16-11-28(26)44-25-8-10-30(36-20-25)38-32(42)34(14-15-34)31(41)37-23-5-2-1-3-6-23/h1-3,5-11,16,19-20,31,41H,4,12-15,17-18,21-22H2,(H,38,42)(H,39,43);1-3,5-11,16,19-20,29,40H,4,12-15,17-18,21-22H2,(H,37,41)(H,36,38,42). The summed E-state index contributed by atoms with van der Waals surface area (Å²) in [5.74, 6) is 1.13. The maximum Gasteiger partial charge on any atom is 0.241 e. The maximum atomic E-state index is 15.2. The van der Waals surface area contributed by atoms with Crippen molar-refractivity contribution in [1.82, 2.24) is 24.8 Å². The molecule has 5 heterocycles. The van der Waals surface area contributed by atoms with E-state index in [1.807, 2.05) is 60.7 Å². The molecule has 0 bridgehead atoms. The molecule has 19 nitrogen and oxygen atoms in total. The molecule has 5 aromatic carbocycles. The Bertz CT molecular complexity index is 3920. The Morgan fingerprint density at radius 2 is 0.966 bits per heavy atom. The van der Waals surface area contributed by atoms with Gasteiger partial charge in [0.25, 0.3) is 0 Å². The van der Waals surface area contributed by atoms with E-state index < -0.39 is 22.6 Å². The van der Waals surface area contributed by atoms with Crippen molar-refractivity contribution in [1.29, 1.82) is 0 Å². The van der Waals surface area contributed by atoms with Crippen molar-refractivity contribution in [3.05, 3.63) is 164 Å². The topological polar surface area (TPSA) is 239 Å².